The second-order valence-electron chi connectivity index (χ2n) is 10.3. The average Bonchev–Trinajstić information content (AvgIpc) is 2.80. The molecule has 0 spiro atoms. The zero-order valence-electron chi connectivity index (χ0n) is 18.0. The Balaban J connectivity index is 1.66. The fourth-order valence-corrected chi connectivity index (χ4v) is 6.82. The molecule has 4 nitrogen and oxygen atoms in total. The van der Waals surface area contributed by atoms with Gasteiger partial charge in [-0.25, -0.2) is 0 Å². The highest BCUT2D eigenvalue weighted by Crippen LogP contribution is 2.62. The molecule has 160 valence electrons. The van der Waals surface area contributed by atoms with Gasteiger partial charge in [0.1, 0.15) is 0 Å². The number of hydrogen-bond donors (Lipinski definition) is 3. The number of allylic oxidation sites excluding steroid dienone is 4. The quantitative estimate of drug-likeness (QED) is 0.631. The first-order valence-electron chi connectivity index (χ1n) is 11.4. The number of aliphatic hydroxyl groups is 3. The van der Waals surface area contributed by atoms with Crippen LogP contribution in [0.2, 0.25) is 0 Å². The van der Waals surface area contributed by atoms with Gasteiger partial charge in [0.05, 0.1) is 18.3 Å². The van der Waals surface area contributed by atoms with Crippen molar-refractivity contribution in [3.8, 4) is 0 Å². The summed E-state index contributed by atoms with van der Waals surface area (Å²) in [4.78, 5) is 13.0. The summed E-state index contributed by atoms with van der Waals surface area (Å²) in [5.41, 5.74) is 3.97. The molecule has 0 radical (unpaired) electrons. The zero-order valence-corrected chi connectivity index (χ0v) is 18.0. The second-order valence-corrected chi connectivity index (χ2v) is 10.3. The van der Waals surface area contributed by atoms with Gasteiger partial charge in [0, 0.05) is 11.8 Å². The van der Waals surface area contributed by atoms with E-state index in [2.05, 4.69) is 19.9 Å². The van der Waals surface area contributed by atoms with Crippen molar-refractivity contribution >= 4 is 5.78 Å². The molecular weight excluding hydrogens is 364 g/mol. The van der Waals surface area contributed by atoms with Crippen LogP contribution in [0.1, 0.15) is 65.7 Å². The molecule has 4 aliphatic carbocycles. The van der Waals surface area contributed by atoms with Crippen molar-refractivity contribution in [3.63, 3.8) is 0 Å². The molecule has 0 aromatic rings. The monoisotopic (exact) mass is 400 g/mol. The molecule has 4 heteroatoms. The van der Waals surface area contributed by atoms with Gasteiger partial charge in [-0.15, -0.1) is 0 Å². The average molecular weight is 401 g/mol. The Morgan fingerprint density at radius 3 is 2.76 bits per heavy atom. The van der Waals surface area contributed by atoms with Gasteiger partial charge >= 0.3 is 0 Å². The summed E-state index contributed by atoms with van der Waals surface area (Å²) < 4.78 is 0. The van der Waals surface area contributed by atoms with Crippen LogP contribution in [-0.2, 0) is 4.79 Å². The Morgan fingerprint density at radius 2 is 2.03 bits per heavy atom. The lowest BCUT2D eigenvalue weighted by molar-refractivity contribution is -0.119. The largest absolute Gasteiger partial charge is 0.393 e. The molecule has 0 amide bonds. The Labute approximate surface area is 174 Å². The van der Waals surface area contributed by atoms with Crippen LogP contribution < -0.4 is 0 Å². The molecule has 2 bridgehead atoms. The van der Waals surface area contributed by atoms with Gasteiger partial charge in [0.15, 0.2) is 5.78 Å². The zero-order chi connectivity index (χ0) is 20.9. The first-order valence-corrected chi connectivity index (χ1v) is 11.4. The minimum Gasteiger partial charge on any atom is -0.393 e. The summed E-state index contributed by atoms with van der Waals surface area (Å²) in [5.74, 6) is 1.27. The fourth-order valence-electron chi connectivity index (χ4n) is 6.82. The van der Waals surface area contributed by atoms with Crippen LogP contribution >= 0.6 is 0 Å². The lowest BCUT2D eigenvalue weighted by atomic mass is 9.58. The highest BCUT2D eigenvalue weighted by atomic mass is 16.3. The van der Waals surface area contributed by atoms with Crippen LogP contribution in [-0.4, -0.2) is 39.4 Å². The summed E-state index contributed by atoms with van der Waals surface area (Å²) in [6.45, 7) is 6.07. The van der Waals surface area contributed by atoms with Crippen molar-refractivity contribution in [1.82, 2.24) is 0 Å². The minimum absolute atomic E-state index is 0.0665. The molecule has 29 heavy (non-hydrogen) atoms. The fraction of sp³-hybridized carbons (Fsp3) is 0.720. The van der Waals surface area contributed by atoms with Gasteiger partial charge in [-0.1, -0.05) is 35.8 Å². The molecular formula is C25H36O4. The number of aliphatic hydroxyl groups excluding tert-OH is 3. The van der Waals surface area contributed by atoms with E-state index >= 15 is 0 Å². The van der Waals surface area contributed by atoms with Crippen LogP contribution in [0.3, 0.4) is 0 Å². The van der Waals surface area contributed by atoms with E-state index in [4.69, 9.17) is 0 Å². The normalized spacial score (nSPS) is 42.1. The molecule has 2 saturated carbocycles. The predicted octanol–water partition coefficient (Wildman–Crippen LogP) is 3.71. The van der Waals surface area contributed by atoms with E-state index in [1.807, 2.05) is 12.2 Å². The van der Waals surface area contributed by atoms with Crippen molar-refractivity contribution in [2.24, 2.45) is 29.1 Å². The lowest BCUT2D eigenvalue weighted by Crippen LogP contribution is -2.37. The summed E-state index contributed by atoms with van der Waals surface area (Å²) in [6.07, 6.45) is 10.4. The molecule has 4 rings (SSSR count). The van der Waals surface area contributed by atoms with E-state index in [-0.39, 0.29) is 17.1 Å². The standard InChI is InChI=1S/C25H36O4/c1-14(10-23(28)15(2)26)21-6-7-22-20-13-24(29)17-11-16(4-5-18(27)12-17)19(20)8-9-25(21,22)3/h4,10,13,15,17-19,21-23,26-28H,5-9,11-12H2,1-3H3/b14-10+/t15-,17+,18-,19-,21-,22+,23+,25-/m1/s1. The van der Waals surface area contributed by atoms with Crippen LogP contribution in [0.25, 0.3) is 0 Å². The van der Waals surface area contributed by atoms with Gasteiger partial charge in [-0.3, -0.25) is 4.79 Å². The maximum atomic E-state index is 13.0. The van der Waals surface area contributed by atoms with E-state index in [0.29, 0.717) is 30.6 Å². The summed E-state index contributed by atoms with van der Waals surface area (Å²) >= 11 is 0. The maximum absolute atomic E-state index is 13.0. The van der Waals surface area contributed by atoms with Crippen molar-refractivity contribution in [2.45, 2.75) is 84.0 Å². The first-order chi connectivity index (χ1) is 13.7. The molecule has 0 aromatic heterocycles. The third-order valence-corrected chi connectivity index (χ3v) is 8.44. The number of hydrogen-bond acceptors (Lipinski definition) is 4. The third-order valence-electron chi connectivity index (χ3n) is 8.44. The van der Waals surface area contributed by atoms with E-state index in [1.165, 1.54) is 16.7 Å². The number of fused-ring (bicyclic) bond motifs is 6. The van der Waals surface area contributed by atoms with E-state index in [0.717, 1.165) is 32.1 Å². The highest BCUT2D eigenvalue weighted by molar-refractivity contribution is 5.93. The van der Waals surface area contributed by atoms with Crippen LogP contribution in [0, 0.1) is 29.1 Å². The van der Waals surface area contributed by atoms with Gasteiger partial charge in [-0.05, 0) is 82.1 Å². The SMILES string of the molecule is C/C(=C\[C@H](O)[C@@H](C)O)[C@H]1CC[C@H]2C3=CC(=O)[C@H]4CC(=CC[C@@H](O)C4)[C@H]3CC[C@]12C. The molecule has 3 N–H and O–H groups in total. The number of rotatable bonds is 3. The van der Waals surface area contributed by atoms with Crippen molar-refractivity contribution < 1.29 is 20.1 Å². The highest BCUT2D eigenvalue weighted by Gasteiger charge is 2.53. The first kappa shape index (κ1) is 21.0. The van der Waals surface area contributed by atoms with Gasteiger partial charge in [0.25, 0.3) is 0 Å². The summed E-state index contributed by atoms with van der Waals surface area (Å²) in [6, 6.07) is 0. The van der Waals surface area contributed by atoms with Gasteiger partial charge < -0.3 is 15.3 Å². The molecule has 0 saturated heterocycles. The Morgan fingerprint density at radius 1 is 1.28 bits per heavy atom. The predicted molar refractivity (Wildman–Crippen MR) is 113 cm³/mol. The molecule has 0 aromatic carbocycles. The smallest absolute Gasteiger partial charge is 0.159 e. The Hall–Kier alpha value is -1.23. The minimum atomic E-state index is -0.827. The maximum Gasteiger partial charge on any atom is 0.159 e. The molecule has 0 aliphatic heterocycles. The van der Waals surface area contributed by atoms with Crippen molar-refractivity contribution in [1.29, 1.82) is 0 Å². The number of carbonyl (C=O) groups is 1. The number of ketones is 1. The van der Waals surface area contributed by atoms with Crippen LogP contribution in [0.4, 0.5) is 0 Å². The number of carbonyl (C=O) groups excluding carboxylic acids is 1. The summed E-state index contributed by atoms with van der Waals surface area (Å²) in [7, 11) is 0. The van der Waals surface area contributed by atoms with Crippen molar-refractivity contribution in [2.75, 3.05) is 0 Å². The summed E-state index contributed by atoms with van der Waals surface area (Å²) in [5, 5.41) is 30.0. The third kappa shape index (κ3) is 3.68. The van der Waals surface area contributed by atoms with Gasteiger partial charge in [-0.2, -0.15) is 0 Å². The van der Waals surface area contributed by atoms with E-state index in [9.17, 15) is 20.1 Å². The van der Waals surface area contributed by atoms with E-state index < -0.39 is 18.3 Å². The van der Waals surface area contributed by atoms with E-state index in [1.54, 1.807) is 6.92 Å². The van der Waals surface area contributed by atoms with Crippen LogP contribution in [0.15, 0.2) is 34.9 Å². The van der Waals surface area contributed by atoms with Crippen LogP contribution in [0.5, 0.6) is 0 Å². The lowest BCUT2D eigenvalue weighted by Gasteiger charge is -2.46. The second kappa shape index (κ2) is 7.79. The molecule has 0 heterocycles. The van der Waals surface area contributed by atoms with Crippen molar-refractivity contribution in [3.05, 3.63) is 34.9 Å². The Bertz CT molecular complexity index is 761. The molecule has 4 aliphatic rings. The molecule has 8 atom stereocenters. The van der Waals surface area contributed by atoms with Gasteiger partial charge in [0.2, 0.25) is 0 Å². The molecule has 0 unspecified atom stereocenters. The topological polar surface area (TPSA) is 77.8 Å². The molecule has 2 fully saturated rings. The Kier molecular flexibility index (Phi) is 5.65.